The van der Waals surface area contributed by atoms with Gasteiger partial charge in [0.25, 0.3) is 8.32 Å². The van der Waals surface area contributed by atoms with Crippen molar-refractivity contribution in [1.29, 1.82) is 0 Å². The summed E-state index contributed by atoms with van der Waals surface area (Å²) in [5.74, 6) is 3.39. The highest BCUT2D eigenvalue weighted by atomic mass is 28.4. The third-order valence-electron chi connectivity index (χ3n) is 5.84. The molecule has 1 aromatic carbocycles. The second-order valence-electron chi connectivity index (χ2n) is 8.82. The van der Waals surface area contributed by atoms with Crippen LogP contribution in [0, 0.1) is 11.5 Å². The Morgan fingerprint density at radius 2 is 1.77 bits per heavy atom. The summed E-state index contributed by atoms with van der Waals surface area (Å²) < 4.78 is 8.66. The van der Waals surface area contributed by atoms with Gasteiger partial charge >= 0.3 is 0 Å². The summed E-state index contributed by atoms with van der Waals surface area (Å²) in [5, 5.41) is 18.8. The van der Waals surface area contributed by atoms with Crippen LogP contribution in [-0.2, 0) is 10.8 Å². The Morgan fingerprint density at radius 3 is 2.32 bits per heavy atom. The van der Waals surface area contributed by atoms with E-state index in [1.807, 2.05) is 24.4 Å². The molecule has 0 aliphatic carbocycles. The van der Waals surface area contributed by atoms with Gasteiger partial charge in [-0.15, -0.1) is 11.0 Å². The maximum Gasteiger partial charge on any atom is 0.277 e. The third-order valence-corrected chi connectivity index (χ3v) is 10.5. The second-order valence-corrected chi connectivity index (χ2v) is 13.2. The van der Waals surface area contributed by atoms with Crippen LogP contribution >= 0.6 is 0 Å². The summed E-state index contributed by atoms with van der Waals surface area (Å²) in [6.07, 6.45) is 5.28. The minimum Gasteiger partial charge on any atom is -0.396 e. The Balaban J connectivity index is 2.27. The summed E-state index contributed by atoms with van der Waals surface area (Å²) in [7, 11) is -2.33. The molecule has 0 aliphatic heterocycles. The lowest BCUT2D eigenvalue weighted by Crippen LogP contribution is -2.45. The van der Waals surface area contributed by atoms with E-state index < -0.39 is 8.32 Å². The fraction of sp³-hybridized carbons (Fsp3) is 0.600. The Bertz CT molecular complexity index is 831. The first-order valence-electron chi connectivity index (χ1n) is 11.6. The van der Waals surface area contributed by atoms with E-state index in [0.717, 1.165) is 25.0 Å². The van der Waals surface area contributed by atoms with Gasteiger partial charge in [0.2, 0.25) is 0 Å². The molecule has 0 aliphatic rings. The van der Waals surface area contributed by atoms with Crippen LogP contribution in [0.3, 0.4) is 0 Å². The first-order chi connectivity index (χ1) is 14.9. The van der Waals surface area contributed by atoms with Crippen LogP contribution in [0.15, 0.2) is 36.5 Å². The van der Waals surface area contributed by atoms with Crippen LogP contribution in [0.2, 0.25) is 11.1 Å². The number of benzene rings is 1. The van der Waals surface area contributed by atoms with Gasteiger partial charge in [0.05, 0.1) is 24.9 Å². The monoisotopic (exact) mass is 441 g/mol. The number of aliphatic hydroxyl groups is 1. The molecule has 0 spiro atoms. The predicted octanol–water partition coefficient (Wildman–Crippen LogP) is 5.63. The molecule has 1 aromatic heterocycles. The van der Waals surface area contributed by atoms with E-state index in [1.54, 1.807) is 4.68 Å². The quantitative estimate of drug-likeness (QED) is 0.363. The highest BCUT2D eigenvalue weighted by Gasteiger charge is 2.43. The van der Waals surface area contributed by atoms with Crippen molar-refractivity contribution in [3.63, 3.8) is 0 Å². The van der Waals surface area contributed by atoms with Gasteiger partial charge in [-0.05, 0) is 35.9 Å². The number of aromatic nitrogens is 3. The summed E-state index contributed by atoms with van der Waals surface area (Å²) >= 11 is 0. The lowest BCUT2D eigenvalue weighted by atomic mass is 10.1. The summed E-state index contributed by atoms with van der Waals surface area (Å²) in [6, 6.07) is 10.0. The van der Waals surface area contributed by atoms with Gasteiger partial charge in [-0.2, -0.15) is 0 Å². The number of rotatable bonds is 11. The van der Waals surface area contributed by atoms with E-state index in [-0.39, 0.29) is 18.8 Å². The zero-order valence-corrected chi connectivity index (χ0v) is 21.0. The van der Waals surface area contributed by atoms with Crippen LogP contribution in [-0.4, -0.2) is 35.0 Å². The van der Waals surface area contributed by atoms with Gasteiger partial charge in [0.15, 0.2) is 0 Å². The third kappa shape index (κ3) is 6.52. The average Bonchev–Trinajstić information content (AvgIpc) is 3.24. The normalized spacial score (nSPS) is 13.8. The lowest BCUT2D eigenvalue weighted by Gasteiger charge is -2.36. The van der Waals surface area contributed by atoms with E-state index in [9.17, 15) is 5.11 Å². The molecule has 0 fully saturated rings. The fourth-order valence-corrected chi connectivity index (χ4v) is 7.59. The van der Waals surface area contributed by atoms with Crippen LogP contribution in [0.4, 0.5) is 0 Å². The number of nitrogens with zero attached hydrogens (tertiary/aromatic N) is 3. The fourth-order valence-electron chi connectivity index (χ4n) is 3.92. The molecule has 5 nitrogen and oxygen atoms in total. The van der Waals surface area contributed by atoms with Crippen molar-refractivity contribution in [2.24, 2.45) is 0 Å². The number of hydrogen-bond donors (Lipinski definition) is 1. The molecular formula is C25H39N3O2Si. The average molecular weight is 442 g/mol. The Hall–Kier alpha value is -1.94. The molecule has 0 saturated heterocycles. The van der Waals surface area contributed by atoms with Crippen molar-refractivity contribution in [3.8, 4) is 11.5 Å². The second kappa shape index (κ2) is 12.2. The van der Waals surface area contributed by atoms with Crippen molar-refractivity contribution in [2.75, 3.05) is 6.61 Å². The number of aliphatic hydroxyl groups excluding tert-OH is 1. The van der Waals surface area contributed by atoms with E-state index in [1.165, 1.54) is 5.56 Å². The van der Waals surface area contributed by atoms with Crippen LogP contribution in [0.25, 0.3) is 0 Å². The highest BCUT2D eigenvalue weighted by molar-refractivity contribution is 6.84. The minimum atomic E-state index is -2.33. The smallest absolute Gasteiger partial charge is 0.277 e. The van der Waals surface area contributed by atoms with E-state index >= 15 is 0 Å². The molecule has 6 heteroatoms. The molecule has 2 aromatic rings. The van der Waals surface area contributed by atoms with Crippen LogP contribution in [0.5, 0.6) is 0 Å². The van der Waals surface area contributed by atoms with Crippen molar-refractivity contribution < 1.29 is 9.53 Å². The molecule has 0 amide bonds. The van der Waals surface area contributed by atoms with Crippen molar-refractivity contribution >= 4 is 8.32 Å². The molecule has 31 heavy (non-hydrogen) atoms. The first kappa shape index (κ1) is 25.3. The molecular weight excluding hydrogens is 402 g/mol. The van der Waals surface area contributed by atoms with Crippen LogP contribution in [0.1, 0.15) is 84.2 Å². The molecule has 1 heterocycles. The molecule has 0 bridgehead atoms. The predicted molar refractivity (Wildman–Crippen MR) is 129 cm³/mol. The van der Waals surface area contributed by atoms with Crippen molar-refractivity contribution in [1.82, 2.24) is 15.0 Å². The lowest BCUT2D eigenvalue weighted by molar-refractivity contribution is 0.179. The molecule has 170 valence electrons. The highest BCUT2D eigenvalue weighted by Crippen LogP contribution is 2.38. The van der Waals surface area contributed by atoms with Crippen LogP contribution < -0.4 is 0 Å². The largest absolute Gasteiger partial charge is 0.396 e. The maximum atomic E-state index is 9.97. The van der Waals surface area contributed by atoms with Gasteiger partial charge in [0.1, 0.15) is 5.69 Å². The van der Waals surface area contributed by atoms with E-state index in [0.29, 0.717) is 17.5 Å². The molecule has 2 rings (SSSR count). The molecule has 0 unspecified atom stereocenters. The standard InChI is InChI=1S/C25H39N3O2Si/c1-7-9-13-16-31(20(3)4,21(5)6)30-25(8-2)24-18-28(27-26-24)23(19-29)17-22-14-11-10-12-15-22/h10-12,14-15,18,20-21,23,25,29H,7-9,17,19H2,1-6H3/t23-,25+/m0/s1. The van der Waals surface area contributed by atoms with Crippen molar-refractivity contribution in [2.45, 2.75) is 90.5 Å². The Kier molecular flexibility index (Phi) is 9.95. The summed E-state index contributed by atoms with van der Waals surface area (Å²) in [5.41, 5.74) is 6.36. The molecule has 2 atom stereocenters. The Morgan fingerprint density at radius 1 is 1.10 bits per heavy atom. The SMILES string of the molecule is CCCC#C[Si](O[C@H](CC)c1cn([C@H](CO)Cc2ccccc2)nn1)(C(C)C)C(C)C. The Labute approximate surface area is 189 Å². The zero-order valence-electron chi connectivity index (χ0n) is 20.0. The molecule has 0 saturated carbocycles. The topological polar surface area (TPSA) is 60.2 Å². The first-order valence-corrected chi connectivity index (χ1v) is 13.7. The van der Waals surface area contributed by atoms with Gasteiger partial charge in [-0.1, -0.05) is 82.6 Å². The van der Waals surface area contributed by atoms with Gasteiger partial charge in [0, 0.05) is 6.42 Å². The minimum absolute atomic E-state index is 0.00844. The van der Waals surface area contributed by atoms with E-state index in [2.05, 4.69) is 75.5 Å². The van der Waals surface area contributed by atoms with Gasteiger partial charge in [-0.25, -0.2) is 4.68 Å². The number of hydrogen-bond acceptors (Lipinski definition) is 4. The zero-order chi connectivity index (χ0) is 22.9. The van der Waals surface area contributed by atoms with Gasteiger partial charge in [-0.3, -0.25) is 0 Å². The molecule has 0 radical (unpaired) electrons. The molecule has 1 N–H and O–H groups in total. The van der Waals surface area contributed by atoms with Crippen molar-refractivity contribution in [3.05, 3.63) is 47.8 Å². The summed E-state index contributed by atoms with van der Waals surface area (Å²) in [6.45, 7) is 13.2. The maximum absolute atomic E-state index is 9.97. The van der Waals surface area contributed by atoms with E-state index in [4.69, 9.17) is 4.43 Å². The van der Waals surface area contributed by atoms with Gasteiger partial charge < -0.3 is 9.53 Å². The number of unbranched alkanes of at least 4 members (excludes halogenated alkanes) is 1. The summed E-state index contributed by atoms with van der Waals surface area (Å²) in [4.78, 5) is 0.